The molecule has 0 aliphatic carbocycles. The molecule has 0 spiro atoms. The number of hydrogen-bond donors (Lipinski definition) is 1. The minimum absolute atomic E-state index is 0.154. The summed E-state index contributed by atoms with van der Waals surface area (Å²) >= 11 is 0. The van der Waals surface area contributed by atoms with E-state index in [1.165, 1.54) is 24.1 Å². The van der Waals surface area contributed by atoms with Gasteiger partial charge in [-0.15, -0.1) is 0 Å². The second kappa shape index (κ2) is 5.85. The van der Waals surface area contributed by atoms with Gasteiger partial charge in [0.2, 0.25) is 0 Å². The van der Waals surface area contributed by atoms with Gasteiger partial charge in [0.05, 0.1) is 12.0 Å². The summed E-state index contributed by atoms with van der Waals surface area (Å²) in [5.41, 5.74) is 0.169. The van der Waals surface area contributed by atoms with Crippen LogP contribution in [0.1, 0.15) is 6.92 Å². The molecular formula is C11H15N3O4. The first-order valence-corrected chi connectivity index (χ1v) is 5.34. The number of nitrogens with zero attached hydrogens (tertiary/aromatic N) is 2. The van der Waals surface area contributed by atoms with Crippen molar-refractivity contribution in [2.75, 3.05) is 26.0 Å². The van der Waals surface area contributed by atoms with Crippen LogP contribution in [0.25, 0.3) is 0 Å². The molecule has 0 aromatic heterocycles. The quantitative estimate of drug-likeness (QED) is 0.657. The van der Waals surface area contributed by atoms with Crippen LogP contribution in [-0.4, -0.2) is 36.6 Å². The number of nitrogens with one attached hydrogen (secondary N) is 1. The van der Waals surface area contributed by atoms with Crippen LogP contribution in [0, 0.1) is 10.1 Å². The average Bonchev–Trinajstić information content (AvgIpc) is 2.37. The number of carbonyl (C=O) groups is 1. The third-order valence-corrected chi connectivity index (χ3v) is 2.45. The highest BCUT2D eigenvalue weighted by Crippen LogP contribution is 2.29. The molecule has 1 rings (SSSR count). The minimum atomic E-state index is -0.558. The van der Waals surface area contributed by atoms with Crippen LogP contribution in [0.2, 0.25) is 0 Å². The van der Waals surface area contributed by atoms with Crippen molar-refractivity contribution in [1.29, 1.82) is 0 Å². The molecule has 1 N–H and O–H groups in total. The van der Waals surface area contributed by atoms with Gasteiger partial charge < -0.3 is 15.0 Å². The van der Waals surface area contributed by atoms with Gasteiger partial charge in [-0.3, -0.25) is 10.1 Å². The standard InChI is InChI=1S/C11H15N3O4/c1-4-13(2)11(15)12-8-5-6-10(18-3)9(7-8)14(16)17/h5-7H,4H2,1-3H3,(H,12,15). The van der Waals surface area contributed by atoms with Crippen LogP contribution < -0.4 is 10.1 Å². The molecule has 1 aromatic carbocycles. The maximum atomic E-state index is 11.6. The van der Waals surface area contributed by atoms with Crippen LogP contribution in [0.3, 0.4) is 0 Å². The van der Waals surface area contributed by atoms with E-state index < -0.39 is 4.92 Å². The summed E-state index contributed by atoms with van der Waals surface area (Å²) in [6, 6.07) is 3.93. The van der Waals surface area contributed by atoms with Gasteiger partial charge in [0.15, 0.2) is 5.75 Å². The lowest BCUT2D eigenvalue weighted by molar-refractivity contribution is -0.385. The number of hydrogen-bond acceptors (Lipinski definition) is 4. The Morgan fingerprint density at radius 1 is 1.56 bits per heavy atom. The number of rotatable bonds is 4. The Kier molecular flexibility index (Phi) is 4.47. The highest BCUT2D eigenvalue weighted by atomic mass is 16.6. The fourth-order valence-electron chi connectivity index (χ4n) is 1.27. The zero-order chi connectivity index (χ0) is 13.7. The number of carbonyl (C=O) groups excluding carboxylic acids is 1. The van der Waals surface area contributed by atoms with Gasteiger partial charge in [0.25, 0.3) is 0 Å². The summed E-state index contributed by atoms with van der Waals surface area (Å²) in [5.74, 6) is 0.154. The molecule has 0 bridgehead atoms. The largest absolute Gasteiger partial charge is 0.490 e. The number of nitro benzene ring substituents is 1. The minimum Gasteiger partial charge on any atom is -0.490 e. The van der Waals surface area contributed by atoms with Gasteiger partial charge in [-0.25, -0.2) is 4.79 Å². The van der Waals surface area contributed by atoms with E-state index in [9.17, 15) is 14.9 Å². The molecule has 7 nitrogen and oxygen atoms in total. The Balaban J connectivity index is 2.95. The lowest BCUT2D eigenvalue weighted by atomic mass is 10.2. The van der Waals surface area contributed by atoms with Crippen molar-refractivity contribution in [1.82, 2.24) is 4.90 Å². The van der Waals surface area contributed by atoms with Crippen LogP contribution in [0.15, 0.2) is 18.2 Å². The van der Waals surface area contributed by atoms with Gasteiger partial charge in [-0.05, 0) is 19.1 Å². The molecule has 2 amide bonds. The summed E-state index contributed by atoms with van der Waals surface area (Å²) < 4.78 is 4.87. The first kappa shape index (κ1) is 13.8. The Bertz CT molecular complexity index is 462. The monoisotopic (exact) mass is 253 g/mol. The number of ether oxygens (including phenoxy) is 1. The molecule has 0 radical (unpaired) electrons. The number of methoxy groups -OCH3 is 1. The van der Waals surface area contributed by atoms with Crippen molar-refractivity contribution in [2.45, 2.75) is 6.92 Å². The number of benzene rings is 1. The normalized spacial score (nSPS) is 9.72. The van der Waals surface area contributed by atoms with Crippen LogP contribution in [-0.2, 0) is 0 Å². The zero-order valence-corrected chi connectivity index (χ0v) is 10.5. The molecule has 0 atom stereocenters. The van der Waals surface area contributed by atoms with Gasteiger partial charge in [0, 0.05) is 25.3 Å². The van der Waals surface area contributed by atoms with Crippen molar-refractivity contribution >= 4 is 17.4 Å². The molecule has 0 fully saturated rings. The van der Waals surface area contributed by atoms with Crippen molar-refractivity contribution in [2.24, 2.45) is 0 Å². The zero-order valence-electron chi connectivity index (χ0n) is 10.5. The second-order valence-electron chi connectivity index (χ2n) is 3.59. The van der Waals surface area contributed by atoms with Crippen molar-refractivity contribution in [3.8, 4) is 5.75 Å². The molecule has 7 heteroatoms. The molecule has 18 heavy (non-hydrogen) atoms. The Morgan fingerprint density at radius 2 is 2.22 bits per heavy atom. The second-order valence-corrected chi connectivity index (χ2v) is 3.59. The number of urea groups is 1. The predicted molar refractivity (Wildman–Crippen MR) is 67.0 cm³/mol. The number of amides is 2. The summed E-state index contributed by atoms with van der Waals surface area (Å²) in [7, 11) is 2.98. The van der Waals surface area contributed by atoms with Crippen molar-refractivity contribution in [3.05, 3.63) is 28.3 Å². The Labute approximate surface area is 104 Å². The van der Waals surface area contributed by atoms with E-state index in [-0.39, 0.29) is 17.5 Å². The maximum Gasteiger partial charge on any atom is 0.321 e. The van der Waals surface area contributed by atoms with Gasteiger partial charge in [-0.2, -0.15) is 0 Å². The van der Waals surface area contributed by atoms with E-state index in [2.05, 4.69) is 5.32 Å². The van der Waals surface area contributed by atoms with Crippen LogP contribution >= 0.6 is 0 Å². The fraction of sp³-hybridized carbons (Fsp3) is 0.364. The topological polar surface area (TPSA) is 84.7 Å². The third kappa shape index (κ3) is 3.09. The molecule has 0 saturated carbocycles. The first-order valence-electron chi connectivity index (χ1n) is 5.34. The van der Waals surface area contributed by atoms with Crippen molar-refractivity contribution in [3.63, 3.8) is 0 Å². The van der Waals surface area contributed by atoms with Crippen LogP contribution in [0.4, 0.5) is 16.2 Å². The van der Waals surface area contributed by atoms with E-state index in [1.807, 2.05) is 6.92 Å². The third-order valence-electron chi connectivity index (χ3n) is 2.45. The van der Waals surface area contributed by atoms with E-state index in [4.69, 9.17) is 4.74 Å². The molecule has 98 valence electrons. The molecule has 0 saturated heterocycles. The molecule has 0 aliphatic heterocycles. The SMILES string of the molecule is CCN(C)C(=O)Nc1ccc(OC)c([N+](=O)[O-])c1. The molecule has 0 unspecified atom stereocenters. The summed E-state index contributed by atoms with van der Waals surface area (Å²) in [4.78, 5) is 23.3. The maximum absolute atomic E-state index is 11.6. The fourth-order valence-corrected chi connectivity index (χ4v) is 1.27. The lowest BCUT2D eigenvalue weighted by Crippen LogP contribution is -2.30. The average molecular weight is 253 g/mol. The van der Waals surface area contributed by atoms with Gasteiger partial charge in [-0.1, -0.05) is 0 Å². The Morgan fingerprint density at radius 3 is 2.72 bits per heavy atom. The molecular weight excluding hydrogens is 238 g/mol. The van der Waals surface area contributed by atoms with E-state index in [1.54, 1.807) is 13.1 Å². The molecule has 0 aliphatic rings. The summed E-state index contributed by atoms with van der Waals surface area (Å²) in [6.45, 7) is 2.38. The first-order chi connectivity index (χ1) is 8.49. The number of anilines is 1. The number of nitro groups is 1. The highest BCUT2D eigenvalue weighted by molar-refractivity contribution is 5.89. The molecule has 1 aromatic rings. The van der Waals surface area contributed by atoms with Gasteiger partial charge >= 0.3 is 11.7 Å². The predicted octanol–water partition coefficient (Wildman–Crippen LogP) is 2.09. The van der Waals surface area contributed by atoms with E-state index >= 15 is 0 Å². The summed E-state index contributed by atoms with van der Waals surface area (Å²) in [5, 5.41) is 13.4. The highest BCUT2D eigenvalue weighted by Gasteiger charge is 2.16. The Hall–Kier alpha value is -2.31. The van der Waals surface area contributed by atoms with Crippen LogP contribution in [0.5, 0.6) is 5.75 Å². The van der Waals surface area contributed by atoms with Crippen molar-refractivity contribution < 1.29 is 14.5 Å². The van der Waals surface area contributed by atoms with Gasteiger partial charge in [0.1, 0.15) is 0 Å². The molecule has 0 heterocycles. The van der Waals surface area contributed by atoms with E-state index in [0.717, 1.165) is 0 Å². The summed E-state index contributed by atoms with van der Waals surface area (Å²) in [6.07, 6.45) is 0. The van der Waals surface area contributed by atoms with E-state index in [0.29, 0.717) is 12.2 Å². The lowest BCUT2D eigenvalue weighted by Gasteiger charge is -2.15. The smallest absolute Gasteiger partial charge is 0.321 e.